The van der Waals surface area contributed by atoms with Gasteiger partial charge in [0.05, 0.1) is 6.61 Å². The summed E-state index contributed by atoms with van der Waals surface area (Å²) < 4.78 is 10.7. The highest BCUT2D eigenvalue weighted by atomic mass is 35.5. The van der Waals surface area contributed by atoms with E-state index < -0.39 is 0 Å². The van der Waals surface area contributed by atoms with Crippen LogP contribution in [0, 0.1) is 6.92 Å². The van der Waals surface area contributed by atoms with Crippen LogP contribution in [-0.2, 0) is 14.3 Å². The average molecular weight is 467 g/mol. The van der Waals surface area contributed by atoms with Crippen LogP contribution in [0.2, 0.25) is 5.02 Å². The minimum Gasteiger partial charge on any atom is -0.466 e. The Kier molecular flexibility index (Phi) is 16.9. The van der Waals surface area contributed by atoms with E-state index in [0.29, 0.717) is 30.2 Å². The van der Waals surface area contributed by atoms with Gasteiger partial charge in [0.25, 0.3) is 0 Å². The lowest BCUT2D eigenvalue weighted by molar-refractivity contribution is -0.144. The van der Waals surface area contributed by atoms with Gasteiger partial charge in [0.2, 0.25) is 0 Å². The van der Waals surface area contributed by atoms with Crippen molar-refractivity contribution < 1.29 is 19.1 Å². The summed E-state index contributed by atoms with van der Waals surface area (Å²) in [6.45, 7) is 4.68. The summed E-state index contributed by atoms with van der Waals surface area (Å²) in [5.74, 6) is 0.316. The highest BCUT2D eigenvalue weighted by molar-refractivity contribution is 6.30. The van der Waals surface area contributed by atoms with Crippen molar-refractivity contribution in [2.75, 3.05) is 6.61 Å². The van der Waals surface area contributed by atoms with Crippen LogP contribution in [0.25, 0.3) is 0 Å². The number of carbonyl (C=O) groups is 2. The number of benzene rings is 1. The molecule has 1 rings (SSSR count). The van der Waals surface area contributed by atoms with Gasteiger partial charge in [-0.05, 0) is 49.9 Å². The second kappa shape index (κ2) is 19.0. The second-order valence-electron chi connectivity index (χ2n) is 8.70. The van der Waals surface area contributed by atoms with Crippen molar-refractivity contribution in [3.05, 3.63) is 28.8 Å². The number of unbranched alkanes of at least 4 members (excludes halogenated alkanes) is 12. The largest absolute Gasteiger partial charge is 0.466 e. The van der Waals surface area contributed by atoms with Gasteiger partial charge in [-0.3, -0.25) is 9.59 Å². The van der Waals surface area contributed by atoms with Gasteiger partial charge in [-0.2, -0.15) is 0 Å². The van der Waals surface area contributed by atoms with Crippen molar-refractivity contribution in [1.29, 1.82) is 0 Å². The van der Waals surface area contributed by atoms with Crippen molar-refractivity contribution in [3.63, 3.8) is 0 Å². The van der Waals surface area contributed by atoms with Crippen LogP contribution in [0.5, 0.6) is 5.75 Å². The fraction of sp³-hybridized carbons (Fsp3) is 0.704. The number of halogens is 1. The van der Waals surface area contributed by atoms with Crippen molar-refractivity contribution >= 4 is 23.5 Å². The summed E-state index contributed by atoms with van der Waals surface area (Å²) >= 11 is 5.91. The highest BCUT2D eigenvalue weighted by Crippen LogP contribution is 2.22. The number of ether oxygens (including phenoxy) is 2. The third-order valence-corrected chi connectivity index (χ3v) is 5.87. The maximum Gasteiger partial charge on any atom is 0.311 e. The second-order valence-corrected chi connectivity index (χ2v) is 9.14. The summed E-state index contributed by atoms with van der Waals surface area (Å²) in [7, 11) is 0. The summed E-state index contributed by atoms with van der Waals surface area (Å²) in [6, 6.07) is 5.25. The monoisotopic (exact) mass is 466 g/mol. The minimum absolute atomic E-state index is 0.0619. The third kappa shape index (κ3) is 15.3. The van der Waals surface area contributed by atoms with E-state index in [2.05, 4.69) is 6.92 Å². The Balaban J connectivity index is 1.88. The molecule has 0 saturated heterocycles. The van der Waals surface area contributed by atoms with E-state index in [9.17, 15) is 9.59 Å². The fourth-order valence-corrected chi connectivity index (χ4v) is 3.87. The number of hydrogen-bond acceptors (Lipinski definition) is 4. The van der Waals surface area contributed by atoms with Crippen LogP contribution >= 0.6 is 11.6 Å². The van der Waals surface area contributed by atoms with E-state index in [1.165, 1.54) is 38.5 Å². The first kappa shape index (κ1) is 28.5. The molecule has 0 aliphatic rings. The van der Waals surface area contributed by atoms with Crippen molar-refractivity contribution in [3.8, 4) is 5.75 Å². The van der Waals surface area contributed by atoms with Crippen LogP contribution < -0.4 is 4.74 Å². The maximum atomic E-state index is 12.0. The van der Waals surface area contributed by atoms with Crippen LogP contribution in [0.3, 0.4) is 0 Å². The number of esters is 2. The smallest absolute Gasteiger partial charge is 0.311 e. The number of aryl methyl sites for hydroxylation is 1. The normalized spacial score (nSPS) is 10.8. The molecular weight excluding hydrogens is 424 g/mol. The minimum atomic E-state index is -0.199. The highest BCUT2D eigenvalue weighted by Gasteiger charge is 2.08. The molecular formula is C27H43ClO4. The van der Waals surface area contributed by atoms with Crippen LogP contribution in [0.1, 0.15) is 115 Å². The molecule has 0 heterocycles. The lowest BCUT2D eigenvalue weighted by Gasteiger charge is -2.07. The molecule has 0 unspecified atom stereocenters. The molecule has 0 aliphatic carbocycles. The molecule has 1 aromatic carbocycles. The Hall–Kier alpha value is -1.55. The van der Waals surface area contributed by atoms with Gasteiger partial charge < -0.3 is 9.47 Å². The van der Waals surface area contributed by atoms with E-state index in [1.54, 1.807) is 18.2 Å². The summed E-state index contributed by atoms with van der Waals surface area (Å²) in [4.78, 5) is 23.7. The maximum absolute atomic E-state index is 12.0. The number of hydrogen-bond donors (Lipinski definition) is 0. The molecule has 0 aliphatic heterocycles. The van der Waals surface area contributed by atoms with Crippen molar-refractivity contribution in [2.45, 2.75) is 117 Å². The van der Waals surface area contributed by atoms with Crippen LogP contribution in [-0.4, -0.2) is 18.5 Å². The zero-order valence-corrected chi connectivity index (χ0v) is 21.0. The van der Waals surface area contributed by atoms with Gasteiger partial charge in [0.1, 0.15) is 5.75 Å². The van der Waals surface area contributed by atoms with Gasteiger partial charge in [-0.15, -0.1) is 0 Å². The van der Waals surface area contributed by atoms with Crippen molar-refractivity contribution in [2.24, 2.45) is 0 Å². The Labute approximate surface area is 200 Å². The lowest BCUT2D eigenvalue weighted by Crippen LogP contribution is -2.08. The first-order chi connectivity index (χ1) is 15.5. The standard InChI is InChI=1S/C27H43ClO4/c1-3-4-5-6-7-10-13-16-21-31-26(29)17-14-11-8-9-12-15-18-27(30)32-25-20-19-24(28)22-23(25)2/h19-20,22H,3-18,21H2,1-2H3. The molecule has 0 amide bonds. The number of carbonyl (C=O) groups excluding carboxylic acids is 2. The van der Waals surface area contributed by atoms with Crippen LogP contribution in [0.15, 0.2) is 18.2 Å². The zero-order chi connectivity index (χ0) is 23.4. The molecule has 0 bridgehead atoms. The molecule has 0 N–H and O–H groups in total. The molecule has 0 radical (unpaired) electrons. The predicted octanol–water partition coefficient (Wildman–Crippen LogP) is 8.36. The van der Waals surface area contributed by atoms with Gasteiger partial charge >= 0.3 is 11.9 Å². The molecule has 1 aromatic rings. The zero-order valence-electron chi connectivity index (χ0n) is 20.3. The lowest BCUT2D eigenvalue weighted by atomic mass is 10.1. The van der Waals surface area contributed by atoms with Gasteiger partial charge in [-0.1, -0.05) is 89.2 Å². The molecule has 182 valence electrons. The first-order valence-electron chi connectivity index (χ1n) is 12.7. The Bertz CT molecular complexity index is 645. The van der Waals surface area contributed by atoms with E-state index in [1.807, 2.05) is 6.92 Å². The summed E-state index contributed by atoms with van der Waals surface area (Å²) in [6.07, 6.45) is 16.8. The average Bonchev–Trinajstić information content (AvgIpc) is 2.76. The van der Waals surface area contributed by atoms with E-state index in [-0.39, 0.29) is 11.9 Å². The molecule has 0 spiro atoms. The van der Waals surface area contributed by atoms with E-state index >= 15 is 0 Å². The van der Waals surface area contributed by atoms with Crippen molar-refractivity contribution in [1.82, 2.24) is 0 Å². The topological polar surface area (TPSA) is 52.6 Å². The molecule has 0 atom stereocenters. The molecule has 32 heavy (non-hydrogen) atoms. The number of rotatable bonds is 19. The molecule has 0 fully saturated rings. The van der Waals surface area contributed by atoms with Gasteiger partial charge in [0, 0.05) is 17.9 Å². The summed E-state index contributed by atoms with van der Waals surface area (Å²) in [5.41, 5.74) is 0.863. The SMILES string of the molecule is CCCCCCCCCCOC(=O)CCCCCCCCC(=O)Oc1ccc(Cl)cc1C. The molecule has 0 aromatic heterocycles. The first-order valence-corrected chi connectivity index (χ1v) is 13.0. The Morgan fingerprint density at radius 1 is 0.750 bits per heavy atom. The fourth-order valence-electron chi connectivity index (χ4n) is 3.64. The third-order valence-electron chi connectivity index (χ3n) is 5.63. The quantitative estimate of drug-likeness (QED) is 0.117. The molecule has 0 saturated carbocycles. The Morgan fingerprint density at radius 2 is 1.28 bits per heavy atom. The summed E-state index contributed by atoms with van der Waals surface area (Å²) in [5, 5.41) is 0.638. The Morgan fingerprint density at radius 3 is 1.88 bits per heavy atom. The van der Waals surface area contributed by atoms with Crippen LogP contribution in [0.4, 0.5) is 0 Å². The van der Waals surface area contributed by atoms with Gasteiger partial charge in [0.15, 0.2) is 0 Å². The van der Waals surface area contributed by atoms with E-state index in [4.69, 9.17) is 21.1 Å². The molecule has 5 heteroatoms. The predicted molar refractivity (Wildman–Crippen MR) is 132 cm³/mol. The van der Waals surface area contributed by atoms with E-state index in [0.717, 1.165) is 56.9 Å². The molecule has 4 nitrogen and oxygen atoms in total. The van der Waals surface area contributed by atoms with Gasteiger partial charge in [-0.25, -0.2) is 0 Å².